The lowest BCUT2D eigenvalue weighted by molar-refractivity contribution is -0.158. The molecule has 0 spiro atoms. The lowest BCUT2D eigenvalue weighted by atomic mass is 9.90. The summed E-state index contributed by atoms with van der Waals surface area (Å²) in [6, 6.07) is -2.33. The Kier molecular flexibility index (Phi) is 3.40. The van der Waals surface area contributed by atoms with Crippen molar-refractivity contribution in [2.24, 2.45) is 0 Å². The lowest BCUT2D eigenvalue weighted by Gasteiger charge is -2.38. The van der Waals surface area contributed by atoms with E-state index < -0.39 is 43.0 Å². The molecule has 1 rings (SSSR count). The second kappa shape index (κ2) is 4.20. The van der Waals surface area contributed by atoms with Gasteiger partial charge in [0.25, 0.3) is 0 Å². The van der Waals surface area contributed by atoms with Crippen molar-refractivity contribution in [3.8, 4) is 0 Å². The van der Waals surface area contributed by atoms with Crippen LogP contribution in [0.25, 0.3) is 0 Å². The van der Waals surface area contributed by atoms with Crippen LogP contribution in [0.2, 0.25) is 0 Å². The molecule has 1 fully saturated rings. The third kappa shape index (κ3) is 1.86. The molecule has 5 atom stereocenters. The smallest absolute Gasteiger partial charge is 0.323 e. The number of carbonyl (C=O) groups is 1. The predicted molar refractivity (Wildman–Crippen MR) is 43.5 cm³/mol. The predicted octanol–water partition coefficient (Wildman–Crippen LogP) is -3.51. The van der Waals surface area contributed by atoms with Crippen LogP contribution >= 0.6 is 0 Å². The Labute approximate surface area is 79.6 Å². The quantitative estimate of drug-likeness (QED) is 0.277. The zero-order valence-corrected chi connectivity index (χ0v) is 7.24. The minimum Gasteiger partial charge on any atom is -0.480 e. The number of aliphatic carboxylic acids is 1. The summed E-state index contributed by atoms with van der Waals surface area (Å²) in [5.74, 6) is -1.35. The lowest BCUT2D eigenvalue weighted by Crippen LogP contribution is -2.67. The molecule has 0 unspecified atom stereocenters. The minimum atomic E-state index is -1.59. The summed E-state index contributed by atoms with van der Waals surface area (Å²) in [6.45, 7) is -0.519. The molecule has 1 aliphatic rings. The second-order valence-electron chi connectivity index (χ2n) is 3.24. The van der Waals surface area contributed by atoms with Gasteiger partial charge >= 0.3 is 5.97 Å². The van der Waals surface area contributed by atoms with Crippen molar-refractivity contribution >= 4 is 5.97 Å². The zero-order chi connectivity index (χ0) is 10.9. The van der Waals surface area contributed by atoms with E-state index in [2.05, 4.69) is 5.32 Å². The molecule has 0 aromatic heterocycles. The summed E-state index contributed by atoms with van der Waals surface area (Å²) < 4.78 is 0. The molecule has 7 nitrogen and oxygen atoms in total. The van der Waals surface area contributed by atoms with Gasteiger partial charge in [-0.3, -0.25) is 10.1 Å². The molecule has 0 saturated carbocycles. The van der Waals surface area contributed by atoms with Gasteiger partial charge in [-0.05, 0) is 0 Å². The van der Waals surface area contributed by atoms with Crippen LogP contribution in [0.5, 0.6) is 0 Å². The largest absolute Gasteiger partial charge is 0.480 e. The van der Waals surface area contributed by atoms with Crippen LogP contribution in [0, 0.1) is 0 Å². The highest BCUT2D eigenvalue weighted by Gasteiger charge is 2.44. The normalized spacial score (nSPS) is 43.6. The van der Waals surface area contributed by atoms with Gasteiger partial charge in [-0.1, -0.05) is 0 Å². The molecule has 1 saturated heterocycles. The summed E-state index contributed by atoms with van der Waals surface area (Å²) in [6.07, 6.45) is -4.55. The molecule has 0 bridgehead atoms. The Bertz CT molecular complexity index is 220. The fraction of sp³-hybridized carbons (Fsp3) is 0.857. The summed E-state index contributed by atoms with van der Waals surface area (Å²) >= 11 is 0. The van der Waals surface area contributed by atoms with Gasteiger partial charge in [0.2, 0.25) is 0 Å². The van der Waals surface area contributed by atoms with E-state index in [9.17, 15) is 20.1 Å². The van der Waals surface area contributed by atoms with E-state index in [1.165, 1.54) is 0 Å². The first kappa shape index (κ1) is 11.3. The maximum atomic E-state index is 10.6. The number of aliphatic hydroxyl groups is 4. The fourth-order valence-corrected chi connectivity index (χ4v) is 1.44. The van der Waals surface area contributed by atoms with Crippen LogP contribution in [-0.4, -0.2) is 68.5 Å². The molecular formula is C7H13NO6. The minimum absolute atomic E-state index is 0.519. The van der Waals surface area contributed by atoms with Gasteiger partial charge in [-0.15, -0.1) is 0 Å². The molecular weight excluding hydrogens is 194 g/mol. The van der Waals surface area contributed by atoms with Crippen LogP contribution in [0.1, 0.15) is 0 Å². The van der Waals surface area contributed by atoms with Gasteiger partial charge in [-0.25, -0.2) is 0 Å². The van der Waals surface area contributed by atoms with Crippen LogP contribution in [0.15, 0.2) is 0 Å². The molecule has 6 N–H and O–H groups in total. The SMILES string of the molecule is O=C(O)[C@@H]1N[C@H](CO)[C@@H](O)[C@H](O)[C@@H]1O. The van der Waals surface area contributed by atoms with Crippen molar-refractivity contribution in [3.63, 3.8) is 0 Å². The standard InChI is InChI=1S/C7H13NO6/c9-1-2-4(10)6(12)5(11)3(8-2)7(13)14/h2-6,8-12H,1H2,(H,13,14)/t2-,3-,4-,5-,6+/m1/s1. The number of hydrogen-bond donors (Lipinski definition) is 6. The monoisotopic (exact) mass is 207 g/mol. The first-order valence-electron chi connectivity index (χ1n) is 4.13. The van der Waals surface area contributed by atoms with E-state index in [4.69, 9.17) is 10.2 Å². The third-order valence-electron chi connectivity index (χ3n) is 2.31. The summed E-state index contributed by atoms with van der Waals surface area (Å²) in [4.78, 5) is 10.6. The highest BCUT2D eigenvalue weighted by atomic mass is 16.4. The summed E-state index contributed by atoms with van der Waals surface area (Å²) in [5, 5.41) is 47.5. The van der Waals surface area contributed by atoms with Crippen molar-refractivity contribution in [1.29, 1.82) is 0 Å². The van der Waals surface area contributed by atoms with Crippen molar-refractivity contribution in [2.45, 2.75) is 30.4 Å². The number of piperidine rings is 1. The van der Waals surface area contributed by atoms with Crippen molar-refractivity contribution in [1.82, 2.24) is 5.32 Å². The molecule has 0 aromatic carbocycles. The maximum absolute atomic E-state index is 10.6. The number of carboxylic acids is 1. The Balaban J connectivity index is 2.78. The fourth-order valence-electron chi connectivity index (χ4n) is 1.44. The van der Waals surface area contributed by atoms with Crippen LogP contribution < -0.4 is 5.32 Å². The van der Waals surface area contributed by atoms with Crippen LogP contribution in [0.4, 0.5) is 0 Å². The van der Waals surface area contributed by atoms with E-state index in [0.29, 0.717) is 0 Å². The Morgan fingerprint density at radius 1 is 1.14 bits per heavy atom. The number of aliphatic hydroxyl groups excluding tert-OH is 4. The molecule has 1 heterocycles. The molecule has 1 aliphatic heterocycles. The van der Waals surface area contributed by atoms with Crippen molar-refractivity contribution < 1.29 is 30.3 Å². The van der Waals surface area contributed by atoms with Crippen LogP contribution in [-0.2, 0) is 4.79 Å². The first-order valence-corrected chi connectivity index (χ1v) is 4.13. The molecule has 82 valence electrons. The number of hydrogen-bond acceptors (Lipinski definition) is 6. The second-order valence-corrected chi connectivity index (χ2v) is 3.24. The van der Waals surface area contributed by atoms with E-state index in [1.54, 1.807) is 0 Å². The van der Waals surface area contributed by atoms with Crippen molar-refractivity contribution in [3.05, 3.63) is 0 Å². The number of nitrogens with one attached hydrogen (secondary N) is 1. The van der Waals surface area contributed by atoms with E-state index in [0.717, 1.165) is 0 Å². The van der Waals surface area contributed by atoms with Gasteiger partial charge in [0.05, 0.1) is 12.6 Å². The van der Waals surface area contributed by atoms with Crippen molar-refractivity contribution in [2.75, 3.05) is 6.61 Å². The Hall–Kier alpha value is -0.730. The summed E-state index contributed by atoms with van der Waals surface area (Å²) in [5.41, 5.74) is 0. The molecule has 7 heteroatoms. The highest BCUT2D eigenvalue weighted by Crippen LogP contribution is 2.15. The topological polar surface area (TPSA) is 130 Å². The first-order chi connectivity index (χ1) is 6.49. The third-order valence-corrected chi connectivity index (χ3v) is 2.31. The van der Waals surface area contributed by atoms with E-state index in [1.807, 2.05) is 0 Å². The van der Waals surface area contributed by atoms with Gasteiger partial charge in [0, 0.05) is 0 Å². The molecule has 0 radical (unpaired) electrons. The van der Waals surface area contributed by atoms with Crippen LogP contribution in [0.3, 0.4) is 0 Å². The van der Waals surface area contributed by atoms with Gasteiger partial charge in [-0.2, -0.15) is 0 Å². The van der Waals surface area contributed by atoms with Gasteiger partial charge < -0.3 is 25.5 Å². The molecule has 0 amide bonds. The Morgan fingerprint density at radius 2 is 1.71 bits per heavy atom. The number of carboxylic acid groups (broad SMARTS) is 1. The Morgan fingerprint density at radius 3 is 2.14 bits per heavy atom. The average molecular weight is 207 g/mol. The number of rotatable bonds is 2. The average Bonchev–Trinajstić information content (AvgIpc) is 2.14. The van der Waals surface area contributed by atoms with Gasteiger partial charge in [0.1, 0.15) is 24.4 Å². The highest BCUT2D eigenvalue weighted by molar-refractivity contribution is 5.74. The summed E-state index contributed by atoms with van der Waals surface area (Å²) in [7, 11) is 0. The zero-order valence-electron chi connectivity index (χ0n) is 7.24. The van der Waals surface area contributed by atoms with Gasteiger partial charge in [0.15, 0.2) is 0 Å². The van der Waals surface area contributed by atoms with E-state index in [-0.39, 0.29) is 0 Å². The van der Waals surface area contributed by atoms with E-state index >= 15 is 0 Å². The molecule has 14 heavy (non-hydrogen) atoms. The maximum Gasteiger partial charge on any atom is 0.323 e. The molecule has 0 aromatic rings. The molecule has 0 aliphatic carbocycles.